The second kappa shape index (κ2) is 5.16. The van der Waals surface area contributed by atoms with Crippen LogP contribution in [0.4, 0.5) is 11.4 Å². The first kappa shape index (κ1) is 12.5. The molecular weight excluding hydrogens is 230 g/mol. The van der Waals surface area contributed by atoms with Gasteiger partial charge in [0.05, 0.1) is 12.1 Å². The molecule has 0 aliphatic carbocycles. The van der Waals surface area contributed by atoms with Crippen molar-refractivity contribution in [3.8, 4) is 5.75 Å². The molecule has 5 nitrogen and oxygen atoms in total. The number of nitrogens with one attached hydrogen (secondary N) is 2. The van der Waals surface area contributed by atoms with Crippen LogP contribution in [0.2, 0.25) is 0 Å². The molecule has 4 N–H and O–H groups in total. The van der Waals surface area contributed by atoms with E-state index >= 15 is 0 Å². The van der Waals surface area contributed by atoms with Crippen LogP contribution in [0.15, 0.2) is 18.2 Å². The quantitative estimate of drug-likeness (QED) is 0.704. The Morgan fingerprint density at radius 1 is 1.44 bits per heavy atom. The zero-order valence-corrected chi connectivity index (χ0v) is 10.7. The molecule has 1 fully saturated rings. The average Bonchev–Trinajstić information content (AvgIpc) is 2.61. The van der Waals surface area contributed by atoms with E-state index in [1.165, 1.54) is 0 Å². The summed E-state index contributed by atoms with van der Waals surface area (Å²) in [6.07, 6.45) is 0.601. The van der Waals surface area contributed by atoms with Gasteiger partial charge in [-0.05, 0) is 19.9 Å². The molecule has 1 amide bonds. The summed E-state index contributed by atoms with van der Waals surface area (Å²) < 4.78 is 5.62. The average molecular weight is 249 g/mol. The fourth-order valence-electron chi connectivity index (χ4n) is 1.99. The summed E-state index contributed by atoms with van der Waals surface area (Å²) in [4.78, 5) is 11.1. The highest BCUT2D eigenvalue weighted by molar-refractivity contribution is 5.79. The zero-order valence-electron chi connectivity index (χ0n) is 10.7. The molecule has 0 saturated carbocycles. The number of carbonyl (C=O) groups is 1. The second-order valence-corrected chi connectivity index (χ2v) is 4.81. The molecule has 1 heterocycles. The number of anilines is 2. The van der Waals surface area contributed by atoms with Crippen LogP contribution < -0.4 is 21.1 Å². The molecule has 0 aromatic heterocycles. The van der Waals surface area contributed by atoms with Gasteiger partial charge in [-0.15, -0.1) is 0 Å². The molecule has 98 valence electrons. The van der Waals surface area contributed by atoms with Crippen molar-refractivity contribution in [1.82, 2.24) is 5.32 Å². The first-order valence-corrected chi connectivity index (χ1v) is 6.13. The van der Waals surface area contributed by atoms with Crippen molar-refractivity contribution < 1.29 is 9.53 Å². The van der Waals surface area contributed by atoms with Crippen molar-refractivity contribution in [2.75, 3.05) is 17.6 Å². The number of carbonyl (C=O) groups excluding carboxylic acids is 1. The minimum atomic E-state index is 0.0788. The van der Waals surface area contributed by atoms with Gasteiger partial charge >= 0.3 is 0 Å². The van der Waals surface area contributed by atoms with Gasteiger partial charge in [-0.25, -0.2) is 0 Å². The van der Waals surface area contributed by atoms with Crippen molar-refractivity contribution >= 4 is 17.3 Å². The van der Waals surface area contributed by atoms with Crippen LogP contribution in [-0.2, 0) is 4.79 Å². The predicted octanol–water partition coefficient (Wildman–Crippen LogP) is 1.36. The van der Waals surface area contributed by atoms with Crippen molar-refractivity contribution in [2.45, 2.75) is 32.4 Å². The smallest absolute Gasteiger partial charge is 0.222 e. The van der Waals surface area contributed by atoms with Crippen LogP contribution in [0.1, 0.15) is 20.3 Å². The van der Waals surface area contributed by atoms with E-state index in [0.717, 1.165) is 11.4 Å². The van der Waals surface area contributed by atoms with Gasteiger partial charge in [-0.3, -0.25) is 4.79 Å². The van der Waals surface area contributed by atoms with Crippen LogP contribution in [0.3, 0.4) is 0 Å². The maximum atomic E-state index is 11.1. The SMILES string of the molecule is CC(C)Oc1cc(N)cc(NC2CNC(=O)C2)c1. The number of hydrogen-bond acceptors (Lipinski definition) is 4. The standard InChI is InChI=1S/C13H19N3O2/c1-8(2)18-12-4-9(14)3-10(5-12)16-11-6-13(17)15-7-11/h3-5,8,11,16H,6-7,14H2,1-2H3,(H,15,17). The van der Waals surface area contributed by atoms with E-state index in [1.54, 1.807) is 6.07 Å². The summed E-state index contributed by atoms with van der Waals surface area (Å²) in [5.41, 5.74) is 7.36. The molecule has 0 radical (unpaired) electrons. The van der Waals surface area contributed by atoms with Gasteiger partial charge in [0.1, 0.15) is 5.75 Å². The lowest BCUT2D eigenvalue weighted by molar-refractivity contribution is -0.119. The van der Waals surface area contributed by atoms with E-state index in [9.17, 15) is 4.79 Å². The minimum Gasteiger partial charge on any atom is -0.491 e. The van der Waals surface area contributed by atoms with Gasteiger partial charge in [0.25, 0.3) is 0 Å². The molecule has 2 rings (SSSR count). The van der Waals surface area contributed by atoms with Crippen molar-refractivity contribution in [3.05, 3.63) is 18.2 Å². The predicted molar refractivity (Wildman–Crippen MR) is 71.7 cm³/mol. The monoisotopic (exact) mass is 249 g/mol. The maximum Gasteiger partial charge on any atom is 0.222 e. The van der Waals surface area contributed by atoms with E-state index in [0.29, 0.717) is 18.7 Å². The number of nitrogen functional groups attached to an aromatic ring is 1. The van der Waals surface area contributed by atoms with E-state index in [4.69, 9.17) is 10.5 Å². The highest BCUT2D eigenvalue weighted by Crippen LogP contribution is 2.24. The lowest BCUT2D eigenvalue weighted by atomic mass is 10.2. The lowest BCUT2D eigenvalue weighted by Crippen LogP contribution is -2.22. The molecule has 18 heavy (non-hydrogen) atoms. The first-order valence-electron chi connectivity index (χ1n) is 6.13. The molecule has 0 spiro atoms. The summed E-state index contributed by atoms with van der Waals surface area (Å²) in [5, 5.41) is 6.07. The first-order chi connectivity index (χ1) is 8.52. The Kier molecular flexibility index (Phi) is 3.60. The highest BCUT2D eigenvalue weighted by atomic mass is 16.5. The topological polar surface area (TPSA) is 76.4 Å². The molecule has 1 aromatic carbocycles. The third-order valence-corrected chi connectivity index (χ3v) is 2.65. The number of amides is 1. The van der Waals surface area contributed by atoms with Crippen LogP contribution in [0.25, 0.3) is 0 Å². The third kappa shape index (κ3) is 3.29. The number of benzene rings is 1. The Labute approximate surface area is 107 Å². The number of rotatable bonds is 4. The maximum absolute atomic E-state index is 11.1. The van der Waals surface area contributed by atoms with Gasteiger partial charge < -0.3 is 21.1 Å². The Bertz CT molecular complexity index is 446. The Hall–Kier alpha value is -1.91. The molecule has 1 atom stereocenters. The van der Waals surface area contributed by atoms with Crippen molar-refractivity contribution in [1.29, 1.82) is 0 Å². The Morgan fingerprint density at radius 2 is 2.22 bits per heavy atom. The van der Waals surface area contributed by atoms with Crippen LogP contribution in [0, 0.1) is 0 Å². The number of nitrogens with two attached hydrogens (primary N) is 1. The van der Waals surface area contributed by atoms with E-state index in [2.05, 4.69) is 10.6 Å². The highest BCUT2D eigenvalue weighted by Gasteiger charge is 2.21. The Balaban J connectivity index is 2.07. The second-order valence-electron chi connectivity index (χ2n) is 4.81. The third-order valence-electron chi connectivity index (χ3n) is 2.65. The fourth-order valence-corrected chi connectivity index (χ4v) is 1.99. The largest absolute Gasteiger partial charge is 0.491 e. The van der Waals surface area contributed by atoms with Crippen LogP contribution in [0.5, 0.6) is 5.75 Å². The summed E-state index contributed by atoms with van der Waals surface area (Å²) in [7, 11) is 0. The number of hydrogen-bond donors (Lipinski definition) is 3. The molecule has 1 saturated heterocycles. The fraction of sp³-hybridized carbons (Fsp3) is 0.462. The molecule has 5 heteroatoms. The van der Waals surface area contributed by atoms with E-state index in [-0.39, 0.29) is 18.1 Å². The molecule has 1 aromatic rings. The van der Waals surface area contributed by atoms with Gasteiger partial charge in [0.2, 0.25) is 5.91 Å². The van der Waals surface area contributed by atoms with Gasteiger partial charge in [0, 0.05) is 36.5 Å². The molecule has 0 bridgehead atoms. The minimum absolute atomic E-state index is 0.0788. The van der Waals surface area contributed by atoms with Crippen LogP contribution >= 0.6 is 0 Å². The van der Waals surface area contributed by atoms with Gasteiger partial charge in [-0.2, -0.15) is 0 Å². The summed E-state index contributed by atoms with van der Waals surface area (Å²) in [6.45, 7) is 4.58. The van der Waals surface area contributed by atoms with E-state index in [1.807, 2.05) is 26.0 Å². The molecule has 1 aliphatic rings. The normalized spacial score (nSPS) is 18.8. The van der Waals surface area contributed by atoms with Crippen LogP contribution in [-0.4, -0.2) is 24.6 Å². The molecule has 1 unspecified atom stereocenters. The molecule has 1 aliphatic heterocycles. The zero-order chi connectivity index (χ0) is 13.1. The summed E-state index contributed by atoms with van der Waals surface area (Å²) in [6, 6.07) is 5.66. The van der Waals surface area contributed by atoms with Gasteiger partial charge in [-0.1, -0.05) is 0 Å². The van der Waals surface area contributed by atoms with Crippen molar-refractivity contribution in [2.24, 2.45) is 0 Å². The van der Waals surface area contributed by atoms with E-state index < -0.39 is 0 Å². The molecular formula is C13H19N3O2. The van der Waals surface area contributed by atoms with Gasteiger partial charge in [0.15, 0.2) is 0 Å². The van der Waals surface area contributed by atoms with Crippen molar-refractivity contribution in [3.63, 3.8) is 0 Å². The Morgan fingerprint density at radius 3 is 2.83 bits per heavy atom. The summed E-state index contributed by atoms with van der Waals surface area (Å²) in [5.74, 6) is 0.819. The number of ether oxygens (including phenoxy) is 1. The summed E-state index contributed by atoms with van der Waals surface area (Å²) >= 11 is 0. The lowest BCUT2D eigenvalue weighted by Gasteiger charge is -2.15.